The van der Waals surface area contributed by atoms with Gasteiger partial charge in [-0.2, -0.15) is 0 Å². The molecule has 0 aromatic heterocycles. The van der Waals surface area contributed by atoms with E-state index in [-0.39, 0.29) is 33.6 Å². The summed E-state index contributed by atoms with van der Waals surface area (Å²) in [4.78, 5) is 27.3. The number of carbonyl (C=O) groups excluding carboxylic acids is 2. The average molecular weight is 494 g/mol. The molecular formula is C28H25F2NO5. The average Bonchev–Trinajstić information content (AvgIpc) is 3.09. The maximum atomic E-state index is 14.8. The Labute approximate surface area is 207 Å². The molecule has 8 heteroatoms. The van der Waals surface area contributed by atoms with Crippen LogP contribution in [-0.4, -0.2) is 29.0 Å². The fraction of sp³-hybridized carbons (Fsp3) is 0.214. The molecule has 0 bridgehead atoms. The number of rotatable bonds is 4. The first-order chi connectivity index (χ1) is 16.9. The summed E-state index contributed by atoms with van der Waals surface area (Å²) in [7, 11) is 1.40. The maximum absolute atomic E-state index is 14.8. The minimum Gasteiger partial charge on any atom is -0.508 e. The SMILES string of the molecule is COc1ccc(C(C)(C)C)cc1/C(O)=C1\C(=O)C(=O)N(c2cc(F)ccc2F)C1c1cccc(O)c1. The van der Waals surface area contributed by atoms with Crippen molar-refractivity contribution in [2.45, 2.75) is 32.2 Å². The molecule has 1 fully saturated rings. The van der Waals surface area contributed by atoms with Gasteiger partial charge in [-0.15, -0.1) is 0 Å². The van der Waals surface area contributed by atoms with Crippen molar-refractivity contribution >= 4 is 23.1 Å². The van der Waals surface area contributed by atoms with E-state index in [4.69, 9.17) is 4.74 Å². The lowest BCUT2D eigenvalue weighted by Gasteiger charge is -2.26. The van der Waals surface area contributed by atoms with Crippen molar-refractivity contribution < 1.29 is 33.3 Å². The number of phenols is 1. The normalized spacial score (nSPS) is 17.5. The van der Waals surface area contributed by atoms with Crippen molar-refractivity contribution in [2.75, 3.05) is 12.0 Å². The Morgan fingerprint density at radius 3 is 2.36 bits per heavy atom. The Hall–Kier alpha value is -4.20. The number of hydrogen-bond acceptors (Lipinski definition) is 5. The highest BCUT2D eigenvalue weighted by molar-refractivity contribution is 6.51. The predicted octanol–water partition coefficient (Wildman–Crippen LogP) is 5.60. The lowest BCUT2D eigenvalue weighted by molar-refractivity contribution is -0.132. The van der Waals surface area contributed by atoms with Crippen molar-refractivity contribution in [2.24, 2.45) is 0 Å². The zero-order chi connectivity index (χ0) is 26.4. The van der Waals surface area contributed by atoms with Gasteiger partial charge in [-0.3, -0.25) is 14.5 Å². The summed E-state index contributed by atoms with van der Waals surface area (Å²) in [5.41, 5.74) is 0.0591. The van der Waals surface area contributed by atoms with E-state index in [9.17, 15) is 28.6 Å². The second-order valence-electron chi connectivity index (χ2n) is 9.52. The minimum absolute atomic E-state index is 0.160. The van der Waals surface area contributed by atoms with Crippen molar-refractivity contribution in [1.29, 1.82) is 0 Å². The number of aliphatic hydroxyl groups is 1. The number of benzene rings is 3. The number of amides is 1. The number of anilines is 1. The van der Waals surface area contributed by atoms with Crippen LogP contribution in [0.5, 0.6) is 11.5 Å². The fourth-order valence-corrected chi connectivity index (χ4v) is 4.27. The smallest absolute Gasteiger partial charge is 0.300 e. The van der Waals surface area contributed by atoms with Crippen LogP contribution in [0, 0.1) is 11.6 Å². The monoisotopic (exact) mass is 493 g/mol. The molecule has 1 unspecified atom stereocenters. The van der Waals surface area contributed by atoms with Gasteiger partial charge in [-0.05, 0) is 52.9 Å². The second-order valence-corrected chi connectivity index (χ2v) is 9.52. The topological polar surface area (TPSA) is 87.1 Å². The van der Waals surface area contributed by atoms with Gasteiger partial charge in [-0.1, -0.05) is 39.0 Å². The number of hydrogen-bond donors (Lipinski definition) is 2. The number of phenolic OH excluding ortho intramolecular Hbond substituents is 1. The molecule has 1 saturated heterocycles. The lowest BCUT2D eigenvalue weighted by Crippen LogP contribution is -2.30. The number of Topliss-reactive ketones (excluding diaryl/α,β-unsaturated/α-hetero) is 1. The Balaban J connectivity index is 2.04. The van der Waals surface area contributed by atoms with Gasteiger partial charge in [0.2, 0.25) is 0 Å². The van der Waals surface area contributed by atoms with E-state index in [0.717, 1.165) is 28.7 Å². The molecule has 1 atom stereocenters. The number of nitrogens with zero attached hydrogens (tertiary/aromatic N) is 1. The Kier molecular flexibility index (Phi) is 6.30. The molecule has 186 valence electrons. The summed E-state index contributed by atoms with van der Waals surface area (Å²) in [5.74, 6) is -4.46. The highest BCUT2D eigenvalue weighted by Gasteiger charge is 2.48. The summed E-state index contributed by atoms with van der Waals surface area (Å²) in [6.45, 7) is 5.91. The molecule has 2 N–H and O–H groups in total. The molecule has 0 radical (unpaired) electrons. The van der Waals surface area contributed by atoms with Crippen LogP contribution in [-0.2, 0) is 15.0 Å². The molecule has 3 aromatic carbocycles. The molecule has 1 aliphatic heterocycles. The third-order valence-corrected chi connectivity index (χ3v) is 6.12. The maximum Gasteiger partial charge on any atom is 0.300 e. The standard InChI is InChI=1S/C28H25F2NO5/c1-28(2,3)16-8-11-22(36-4)19(13-16)25(33)23-24(15-6-5-7-18(32)12-15)31(27(35)26(23)34)21-14-17(29)9-10-20(21)30/h5-14,24,32-33H,1-4H3/b25-23+. The molecule has 4 rings (SSSR count). The second kappa shape index (κ2) is 9.11. The number of methoxy groups -OCH3 is 1. The molecule has 1 aliphatic rings. The molecule has 1 amide bonds. The largest absolute Gasteiger partial charge is 0.508 e. The number of aromatic hydroxyl groups is 1. The first-order valence-electron chi connectivity index (χ1n) is 11.2. The van der Waals surface area contributed by atoms with Crippen molar-refractivity contribution in [3.63, 3.8) is 0 Å². The van der Waals surface area contributed by atoms with Crippen LogP contribution in [0.25, 0.3) is 5.76 Å². The van der Waals surface area contributed by atoms with E-state index in [1.165, 1.54) is 31.4 Å². The van der Waals surface area contributed by atoms with Gasteiger partial charge in [0.15, 0.2) is 0 Å². The zero-order valence-electron chi connectivity index (χ0n) is 20.2. The van der Waals surface area contributed by atoms with Crippen LogP contribution in [0.3, 0.4) is 0 Å². The van der Waals surface area contributed by atoms with Crippen LogP contribution in [0.15, 0.2) is 66.2 Å². The molecule has 0 saturated carbocycles. The van der Waals surface area contributed by atoms with E-state index in [1.807, 2.05) is 26.8 Å². The van der Waals surface area contributed by atoms with E-state index >= 15 is 0 Å². The molecule has 6 nitrogen and oxygen atoms in total. The third kappa shape index (κ3) is 4.30. The number of ketones is 1. The molecular weight excluding hydrogens is 468 g/mol. The number of carbonyl (C=O) groups is 2. The summed E-state index contributed by atoms with van der Waals surface area (Å²) >= 11 is 0. The van der Waals surface area contributed by atoms with Crippen molar-refractivity contribution in [3.8, 4) is 11.5 Å². The van der Waals surface area contributed by atoms with Gasteiger partial charge >= 0.3 is 0 Å². The van der Waals surface area contributed by atoms with Crippen LogP contribution < -0.4 is 9.64 Å². The lowest BCUT2D eigenvalue weighted by atomic mass is 9.85. The molecule has 3 aromatic rings. The minimum atomic E-state index is -1.35. The van der Waals surface area contributed by atoms with Crippen molar-refractivity contribution in [1.82, 2.24) is 0 Å². The Morgan fingerprint density at radius 2 is 1.72 bits per heavy atom. The van der Waals surface area contributed by atoms with Crippen LogP contribution >= 0.6 is 0 Å². The van der Waals surface area contributed by atoms with Gasteiger partial charge in [0, 0.05) is 6.07 Å². The first kappa shape index (κ1) is 24.9. The highest BCUT2D eigenvalue weighted by atomic mass is 19.1. The van der Waals surface area contributed by atoms with E-state index < -0.39 is 40.8 Å². The number of ether oxygens (including phenoxy) is 1. The van der Waals surface area contributed by atoms with Gasteiger partial charge in [-0.25, -0.2) is 8.78 Å². The van der Waals surface area contributed by atoms with Crippen LogP contribution in [0.4, 0.5) is 14.5 Å². The summed E-state index contributed by atoms with van der Waals surface area (Å²) in [5, 5.41) is 21.6. The van der Waals surface area contributed by atoms with Gasteiger partial charge in [0.25, 0.3) is 11.7 Å². The Bertz CT molecular complexity index is 1410. The summed E-state index contributed by atoms with van der Waals surface area (Å²) in [6, 6.07) is 12.0. The molecule has 1 heterocycles. The number of halogens is 2. The Morgan fingerprint density at radius 1 is 1.00 bits per heavy atom. The van der Waals surface area contributed by atoms with Gasteiger partial charge < -0.3 is 14.9 Å². The van der Waals surface area contributed by atoms with Gasteiger partial charge in [0.05, 0.1) is 30.0 Å². The quantitative estimate of drug-likeness (QED) is 0.281. The summed E-state index contributed by atoms with van der Waals surface area (Å²) in [6.07, 6.45) is 0. The fourth-order valence-electron chi connectivity index (χ4n) is 4.27. The zero-order valence-corrected chi connectivity index (χ0v) is 20.2. The van der Waals surface area contributed by atoms with E-state index in [2.05, 4.69) is 0 Å². The van der Waals surface area contributed by atoms with Crippen molar-refractivity contribution in [3.05, 3.63) is 94.6 Å². The first-order valence-corrected chi connectivity index (χ1v) is 11.2. The number of aliphatic hydroxyl groups excluding tert-OH is 1. The molecule has 0 spiro atoms. The third-order valence-electron chi connectivity index (χ3n) is 6.12. The van der Waals surface area contributed by atoms with E-state index in [0.29, 0.717) is 0 Å². The molecule has 0 aliphatic carbocycles. The summed E-state index contributed by atoms with van der Waals surface area (Å²) < 4.78 is 34.3. The predicted molar refractivity (Wildman–Crippen MR) is 131 cm³/mol. The van der Waals surface area contributed by atoms with Crippen LogP contribution in [0.1, 0.15) is 43.5 Å². The van der Waals surface area contributed by atoms with E-state index in [1.54, 1.807) is 12.1 Å². The van der Waals surface area contributed by atoms with Gasteiger partial charge in [0.1, 0.15) is 28.9 Å². The highest BCUT2D eigenvalue weighted by Crippen LogP contribution is 2.45. The van der Waals surface area contributed by atoms with Crippen LogP contribution in [0.2, 0.25) is 0 Å². The molecule has 36 heavy (non-hydrogen) atoms.